The first kappa shape index (κ1) is 12.7. The Kier molecular flexibility index (Phi) is 3.60. The van der Waals surface area contributed by atoms with Gasteiger partial charge in [0, 0.05) is 6.54 Å². The quantitative estimate of drug-likeness (QED) is 0.870. The van der Waals surface area contributed by atoms with Crippen molar-refractivity contribution >= 4 is 45.3 Å². The van der Waals surface area contributed by atoms with Gasteiger partial charge in [0.1, 0.15) is 11.1 Å². The van der Waals surface area contributed by atoms with Crippen LogP contribution in [0.5, 0.6) is 0 Å². The molecule has 0 N–H and O–H groups in total. The van der Waals surface area contributed by atoms with Crippen LogP contribution >= 0.6 is 34.4 Å². The Morgan fingerprint density at radius 1 is 1.37 bits per heavy atom. The molecule has 1 aliphatic rings. The molecule has 96 valence electrons. The summed E-state index contributed by atoms with van der Waals surface area (Å²) in [5, 5.41) is 13.7. The maximum Gasteiger partial charge on any atom is 0.241 e. The highest BCUT2D eigenvalue weighted by Gasteiger charge is 2.35. The molecule has 0 aromatic carbocycles. The molecular formula is C13H10N2OS3. The van der Waals surface area contributed by atoms with Crippen LogP contribution in [0.1, 0.15) is 12.0 Å². The van der Waals surface area contributed by atoms with Crippen LogP contribution in [0, 0.1) is 11.3 Å². The molecule has 1 fully saturated rings. The monoisotopic (exact) mass is 306 g/mol. The predicted octanol–water partition coefficient (Wildman–Crippen LogP) is 3.58. The molecule has 1 saturated heterocycles. The third-order valence-electron chi connectivity index (χ3n) is 2.92. The van der Waals surface area contributed by atoms with Crippen molar-refractivity contribution in [1.82, 2.24) is 0 Å². The minimum atomic E-state index is -0.0210. The van der Waals surface area contributed by atoms with Gasteiger partial charge in [-0.05, 0) is 29.3 Å². The summed E-state index contributed by atoms with van der Waals surface area (Å²) >= 11 is 4.75. The van der Waals surface area contributed by atoms with E-state index in [9.17, 15) is 4.79 Å². The predicted molar refractivity (Wildman–Crippen MR) is 80.0 cm³/mol. The number of anilines is 1. The van der Waals surface area contributed by atoms with Gasteiger partial charge in [-0.25, -0.2) is 0 Å². The van der Waals surface area contributed by atoms with Crippen LogP contribution in [0.2, 0.25) is 0 Å². The zero-order valence-electron chi connectivity index (χ0n) is 9.91. The average Bonchev–Trinajstić information content (AvgIpc) is 3.12. The van der Waals surface area contributed by atoms with E-state index < -0.39 is 0 Å². The Balaban J connectivity index is 1.77. The number of amides is 1. The number of hydrogen-bond donors (Lipinski definition) is 0. The Hall–Kier alpha value is -1.29. The first-order valence-electron chi connectivity index (χ1n) is 5.78. The van der Waals surface area contributed by atoms with E-state index in [1.54, 1.807) is 34.1 Å². The third-order valence-corrected chi connectivity index (χ3v) is 6.19. The van der Waals surface area contributed by atoms with Gasteiger partial charge in [-0.3, -0.25) is 4.79 Å². The van der Waals surface area contributed by atoms with E-state index in [2.05, 4.69) is 6.07 Å². The van der Waals surface area contributed by atoms with E-state index in [4.69, 9.17) is 5.26 Å². The molecule has 1 aliphatic heterocycles. The summed E-state index contributed by atoms with van der Waals surface area (Å²) in [5.74, 6) is 0.123. The van der Waals surface area contributed by atoms with Crippen LogP contribution in [0.4, 0.5) is 5.00 Å². The number of nitriles is 1. The molecule has 0 bridgehead atoms. The number of thioether (sulfide) groups is 1. The highest BCUT2D eigenvalue weighted by Crippen LogP contribution is 2.37. The third kappa shape index (κ3) is 2.41. The number of thiophene rings is 2. The lowest BCUT2D eigenvalue weighted by Crippen LogP contribution is -2.27. The van der Waals surface area contributed by atoms with E-state index >= 15 is 0 Å². The van der Waals surface area contributed by atoms with Gasteiger partial charge in [0.05, 0.1) is 15.0 Å². The van der Waals surface area contributed by atoms with E-state index in [0.29, 0.717) is 12.1 Å². The van der Waals surface area contributed by atoms with Gasteiger partial charge in [0.15, 0.2) is 0 Å². The van der Waals surface area contributed by atoms with Crippen molar-refractivity contribution in [2.45, 2.75) is 15.9 Å². The van der Waals surface area contributed by atoms with Gasteiger partial charge in [0.2, 0.25) is 5.91 Å². The molecule has 0 aliphatic carbocycles. The maximum absolute atomic E-state index is 12.4. The molecule has 2 aromatic heterocycles. The van der Waals surface area contributed by atoms with Gasteiger partial charge in [0.25, 0.3) is 0 Å². The second-order valence-electron chi connectivity index (χ2n) is 4.07. The molecule has 0 spiro atoms. The van der Waals surface area contributed by atoms with Crippen LogP contribution in [0.25, 0.3) is 0 Å². The van der Waals surface area contributed by atoms with Crippen LogP contribution < -0.4 is 4.90 Å². The molecule has 3 rings (SSSR count). The van der Waals surface area contributed by atoms with E-state index in [1.807, 2.05) is 22.9 Å². The topological polar surface area (TPSA) is 44.1 Å². The summed E-state index contributed by atoms with van der Waals surface area (Å²) in [6.07, 6.45) is 0.837. The average molecular weight is 306 g/mol. The number of nitrogens with zero attached hydrogens (tertiary/aromatic N) is 2. The van der Waals surface area contributed by atoms with Crippen LogP contribution in [0.3, 0.4) is 0 Å². The second-order valence-corrected chi connectivity index (χ2v) is 7.41. The van der Waals surface area contributed by atoms with Crippen molar-refractivity contribution < 1.29 is 4.79 Å². The highest BCUT2D eigenvalue weighted by atomic mass is 32.2. The van der Waals surface area contributed by atoms with Crippen LogP contribution in [-0.2, 0) is 4.79 Å². The second kappa shape index (κ2) is 5.37. The summed E-state index contributed by atoms with van der Waals surface area (Å²) in [5.41, 5.74) is 0.597. The number of rotatable bonds is 3. The Labute approximate surface area is 123 Å². The van der Waals surface area contributed by atoms with Crippen LogP contribution in [-0.4, -0.2) is 17.7 Å². The molecule has 19 heavy (non-hydrogen) atoms. The van der Waals surface area contributed by atoms with Crippen molar-refractivity contribution in [3.63, 3.8) is 0 Å². The zero-order valence-corrected chi connectivity index (χ0v) is 12.4. The van der Waals surface area contributed by atoms with Crippen molar-refractivity contribution in [2.24, 2.45) is 0 Å². The minimum Gasteiger partial charge on any atom is -0.302 e. The molecule has 3 nitrogen and oxygen atoms in total. The fourth-order valence-corrected chi connectivity index (χ4v) is 4.99. The van der Waals surface area contributed by atoms with Gasteiger partial charge >= 0.3 is 0 Å². The largest absolute Gasteiger partial charge is 0.302 e. The lowest BCUT2D eigenvalue weighted by Gasteiger charge is -2.14. The van der Waals surface area contributed by atoms with Crippen molar-refractivity contribution in [1.29, 1.82) is 5.26 Å². The summed E-state index contributed by atoms with van der Waals surface area (Å²) in [6, 6.07) is 7.95. The van der Waals surface area contributed by atoms with Crippen molar-refractivity contribution in [3.05, 3.63) is 34.5 Å². The summed E-state index contributed by atoms with van der Waals surface area (Å²) < 4.78 is 1.17. The fraction of sp³-hybridized carbons (Fsp3) is 0.231. The van der Waals surface area contributed by atoms with Crippen molar-refractivity contribution in [3.8, 4) is 6.07 Å². The Morgan fingerprint density at radius 3 is 3.00 bits per heavy atom. The summed E-state index contributed by atoms with van der Waals surface area (Å²) in [7, 11) is 0. The molecule has 1 unspecified atom stereocenters. The zero-order chi connectivity index (χ0) is 13.2. The highest BCUT2D eigenvalue weighted by molar-refractivity contribution is 8.02. The van der Waals surface area contributed by atoms with Gasteiger partial charge in [-0.15, -0.1) is 34.4 Å². The molecule has 3 heterocycles. The van der Waals surface area contributed by atoms with E-state index in [0.717, 1.165) is 11.4 Å². The molecule has 1 amide bonds. The number of hydrogen-bond acceptors (Lipinski definition) is 5. The molecule has 2 aromatic rings. The normalized spacial score (nSPS) is 18.8. The summed E-state index contributed by atoms with van der Waals surface area (Å²) in [4.78, 5) is 14.2. The lowest BCUT2D eigenvalue weighted by atomic mass is 10.3. The van der Waals surface area contributed by atoms with Crippen LogP contribution in [0.15, 0.2) is 33.2 Å². The van der Waals surface area contributed by atoms with E-state index in [1.165, 1.54) is 15.5 Å². The molecule has 0 saturated carbocycles. The molecule has 0 radical (unpaired) electrons. The molecule has 1 atom stereocenters. The van der Waals surface area contributed by atoms with E-state index in [-0.39, 0.29) is 11.2 Å². The summed E-state index contributed by atoms with van der Waals surface area (Å²) in [6.45, 7) is 0.705. The lowest BCUT2D eigenvalue weighted by molar-refractivity contribution is -0.116. The number of carbonyl (C=O) groups is 1. The Morgan fingerprint density at radius 2 is 2.26 bits per heavy atom. The van der Waals surface area contributed by atoms with Crippen molar-refractivity contribution in [2.75, 3.05) is 11.4 Å². The first-order chi connectivity index (χ1) is 9.29. The smallest absolute Gasteiger partial charge is 0.241 e. The Bertz CT molecular complexity index is 627. The molecule has 6 heteroatoms. The fourth-order valence-electron chi connectivity index (χ4n) is 2.03. The minimum absolute atomic E-state index is 0.0210. The SMILES string of the molecule is N#Cc1ccsc1N1CCC(Sc2cccs2)C1=O. The standard InChI is InChI=1S/C13H10N2OS3/c14-8-9-4-7-18-13(9)15-5-3-10(12(15)16)19-11-2-1-6-17-11/h1-2,4,6-7,10H,3,5H2. The number of carbonyl (C=O) groups excluding carboxylic acids is 1. The first-order valence-corrected chi connectivity index (χ1v) is 8.42. The van der Waals surface area contributed by atoms with Gasteiger partial charge in [-0.1, -0.05) is 6.07 Å². The van der Waals surface area contributed by atoms with Gasteiger partial charge < -0.3 is 4.90 Å². The molecular weight excluding hydrogens is 296 g/mol. The maximum atomic E-state index is 12.4. The van der Waals surface area contributed by atoms with Gasteiger partial charge in [-0.2, -0.15) is 5.26 Å².